The first-order chi connectivity index (χ1) is 7.00. The molecule has 0 aromatic heterocycles. The maximum atomic E-state index is 10.1. The second kappa shape index (κ2) is 3.67. The van der Waals surface area contributed by atoms with Crippen molar-refractivity contribution in [3.63, 3.8) is 0 Å². The van der Waals surface area contributed by atoms with Crippen molar-refractivity contribution in [2.24, 2.45) is 5.92 Å². The highest BCUT2D eigenvalue weighted by atomic mass is 16.5. The lowest BCUT2D eigenvalue weighted by Gasteiger charge is -2.33. The van der Waals surface area contributed by atoms with Crippen LogP contribution in [-0.2, 0) is 4.74 Å². The van der Waals surface area contributed by atoms with Crippen LogP contribution in [0.2, 0.25) is 0 Å². The Hall–Kier alpha value is -0.760. The van der Waals surface area contributed by atoms with Crippen LogP contribution in [0, 0.1) is 5.92 Å². The third-order valence-corrected chi connectivity index (χ3v) is 3.42. The monoisotopic (exact) mass is 208 g/mol. The Morgan fingerprint density at radius 1 is 1.27 bits per heavy atom. The molecule has 2 rings (SSSR count). The Labute approximate surface area is 91.6 Å². The highest BCUT2D eigenvalue weighted by Gasteiger charge is 2.36. The van der Waals surface area contributed by atoms with Crippen LogP contribution in [0.4, 0.5) is 0 Å². The smallest absolute Gasteiger partial charge is 0.124 e. The van der Waals surface area contributed by atoms with Crippen molar-refractivity contribution in [3.8, 4) is 0 Å². The van der Waals surface area contributed by atoms with Crippen molar-refractivity contribution in [2.45, 2.75) is 52.7 Å². The molecule has 0 spiro atoms. The van der Waals surface area contributed by atoms with Crippen LogP contribution in [0.1, 0.15) is 40.5 Å². The molecular weight excluding hydrogens is 188 g/mol. The van der Waals surface area contributed by atoms with Gasteiger partial charge in [0.25, 0.3) is 0 Å². The maximum Gasteiger partial charge on any atom is 0.124 e. The first-order valence-corrected chi connectivity index (χ1v) is 5.75. The fourth-order valence-corrected chi connectivity index (χ4v) is 2.54. The number of rotatable bonds is 1. The lowest BCUT2D eigenvalue weighted by atomic mass is 9.92. The molecule has 1 aliphatic heterocycles. The predicted molar refractivity (Wildman–Crippen MR) is 60.4 cm³/mol. The number of ether oxygens (including phenoxy) is 1. The SMILES string of the molecule is CC1=C2O[C@H](C(C)C)C[C@H](O)C2=C(C)C1. The quantitative estimate of drug-likeness (QED) is 0.718. The van der Waals surface area contributed by atoms with Crippen LogP contribution in [-0.4, -0.2) is 17.3 Å². The van der Waals surface area contributed by atoms with E-state index >= 15 is 0 Å². The maximum absolute atomic E-state index is 10.1. The van der Waals surface area contributed by atoms with E-state index in [9.17, 15) is 5.11 Å². The molecule has 1 N–H and O–H groups in total. The number of fused-ring (bicyclic) bond motifs is 1. The molecular formula is C13H20O2. The van der Waals surface area contributed by atoms with Gasteiger partial charge in [-0.05, 0) is 31.8 Å². The van der Waals surface area contributed by atoms with Crippen LogP contribution >= 0.6 is 0 Å². The number of aliphatic hydroxyl groups excluding tert-OH is 1. The molecule has 0 aromatic carbocycles. The second-order valence-electron chi connectivity index (χ2n) is 5.13. The van der Waals surface area contributed by atoms with Gasteiger partial charge in [-0.2, -0.15) is 0 Å². The Morgan fingerprint density at radius 3 is 2.53 bits per heavy atom. The first kappa shape index (κ1) is 10.7. The topological polar surface area (TPSA) is 29.5 Å². The summed E-state index contributed by atoms with van der Waals surface area (Å²) < 4.78 is 5.99. The average molecular weight is 208 g/mol. The summed E-state index contributed by atoms with van der Waals surface area (Å²) in [4.78, 5) is 0. The molecule has 2 nitrogen and oxygen atoms in total. The van der Waals surface area contributed by atoms with E-state index in [0.717, 1.165) is 24.2 Å². The van der Waals surface area contributed by atoms with Crippen molar-refractivity contribution in [1.29, 1.82) is 0 Å². The molecule has 0 unspecified atom stereocenters. The van der Waals surface area contributed by atoms with Crippen LogP contribution < -0.4 is 0 Å². The molecule has 0 amide bonds. The van der Waals surface area contributed by atoms with Crippen LogP contribution in [0.25, 0.3) is 0 Å². The van der Waals surface area contributed by atoms with Gasteiger partial charge in [0.15, 0.2) is 0 Å². The standard InChI is InChI=1S/C13H20O2/c1-7(2)11-6-10(14)12-8(3)5-9(4)13(12)15-11/h7,10-11,14H,5-6H2,1-4H3/t10-,11-/m0/s1. The summed E-state index contributed by atoms with van der Waals surface area (Å²) in [5.41, 5.74) is 3.61. The zero-order valence-electron chi connectivity index (χ0n) is 10.0. The molecule has 15 heavy (non-hydrogen) atoms. The van der Waals surface area contributed by atoms with Crippen LogP contribution in [0.3, 0.4) is 0 Å². The third kappa shape index (κ3) is 1.71. The Kier molecular flexibility index (Phi) is 2.63. The second-order valence-corrected chi connectivity index (χ2v) is 5.13. The lowest BCUT2D eigenvalue weighted by Crippen LogP contribution is -2.33. The van der Waals surface area contributed by atoms with Gasteiger partial charge < -0.3 is 9.84 Å². The average Bonchev–Trinajstić information content (AvgIpc) is 2.42. The number of allylic oxidation sites excluding steroid dienone is 2. The summed E-state index contributed by atoms with van der Waals surface area (Å²) in [6.07, 6.45) is 1.55. The number of hydrogen-bond acceptors (Lipinski definition) is 2. The first-order valence-electron chi connectivity index (χ1n) is 5.75. The van der Waals surface area contributed by atoms with E-state index in [2.05, 4.69) is 27.7 Å². The van der Waals surface area contributed by atoms with E-state index < -0.39 is 0 Å². The van der Waals surface area contributed by atoms with Gasteiger partial charge in [-0.1, -0.05) is 19.4 Å². The third-order valence-electron chi connectivity index (χ3n) is 3.42. The van der Waals surface area contributed by atoms with Crippen molar-refractivity contribution in [1.82, 2.24) is 0 Å². The molecule has 1 heterocycles. The van der Waals surface area contributed by atoms with E-state index in [1.807, 2.05) is 0 Å². The van der Waals surface area contributed by atoms with Gasteiger partial charge in [-0.15, -0.1) is 0 Å². The van der Waals surface area contributed by atoms with E-state index in [4.69, 9.17) is 4.74 Å². The van der Waals surface area contributed by atoms with Crippen molar-refractivity contribution in [2.75, 3.05) is 0 Å². The molecule has 2 heteroatoms. The summed E-state index contributed by atoms with van der Waals surface area (Å²) in [7, 11) is 0. The summed E-state index contributed by atoms with van der Waals surface area (Å²) in [6, 6.07) is 0. The fraction of sp³-hybridized carbons (Fsp3) is 0.692. The van der Waals surface area contributed by atoms with Gasteiger partial charge in [-0.25, -0.2) is 0 Å². The Balaban J connectivity index is 2.30. The summed E-state index contributed by atoms with van der Waals surface area (Å²) in [6.45, 7) is 8.48. The summed E-state index contributed by atoms with van der Waals surface area (Å²) in [5, 5.41) is 10.1. The van der Waals surface area contributed by atoms with E-state index in [1.54, 1.807) is 0 Å². The fourth-order valence-electron chi connectivity index (χ4n) is 2.54. The van der Waals surface area contributed by atoms with Crippen molar-refractivity contribution in [3.05, 3.63) is 22.5 Å². The number of aliphatic hydroxyl groups is 1. The van der Waals surface area contributed by atoms with Gasteiger partial charge in [0.05, 0.1) is 6.10 Å². The highest BCUT2D eigenvalue weighted by Crippen LogP contribution is 2.41. The van der Waals surface area contributed by atoms with Crippen LogP contribution in [0.15, 0.2) is 22.5 Å². The molecule has 0 radical (unpaired) electrons. The minimum Gasteiger partial charge on any atom is -0.490 e. The van der Waals surface area contributed by atoms with Gasteiger partial charge in [0.2, 0.25) is 0 Å². The summed E-state index contributed by atoms with van der Waals surface area (Å²) in [5.74, 6) is 1.44. The zero-order chi connectivity index (χ0) is 11.2. The number of hydrogen-bond donors (Lipinski definition) is 1. The van der Waals surface area contributed by atoms with Gasteiger partial charge in [-0.3, -0.25) is 0 Å². The van der Waals surface area contributed by atoms with Crippen molar-refractivity contribution >= 4 is 0 Å². The van der Waals surface area contributed by atoms with E-state index in [0.29, 0.717) is 5.92 Å². The van der Waals surface area contributed by atoms with Gasteiger partial charge in [0.1, 0.15) is 11.9 Å². The van der Waals surface area contributed by atoms with Crippen molar-refractivity contribution < 1.29 is 9.84 Å². The molecule has 0 saturated carbocycles. The minimum atomic E-state index is -0.321. The van der Waals surface area contributed by atoms with E-state index in [1.165, 1.54) is 11.1 Å². The minimum absolute atomic E-state index is 0.166. The predicted octanol–water partition coefficient (Wildman–Crippen LogP) is 2.79. The van der Waals surface area contributed by atoms with Crippen LogP contribution in [0.5, 0.6) is 0 Å². The Bertz CT molecular complexity index is 336. The normalized spacial score (nSPS) is 31.1. The highest BCUT2D eigenvalue weighted by molar-refractivity contribution is 5.46. The largest absolute Gasteiger partial charge is 0.490 e. The Morgan fingerprint density at radius 2 is 1.93 bits per heavy atom. The summed E-state index contributed by atoms with van der Waals surface area (Å²) >= 11 is 0. The molecule has 1 saturated heterocycles. The molecule has 2 atom stereocenters. The van der Waals surface area contributed by atoms with Gasteiger partial charge >= 0.3 is 0 Å². The molecule has 1 fully saturated rings. The zero-order valence-corrected chi connectivity index (χ0v) is 10.0. The molecule has 2 aliphatic rings. The molecule has 0 aromatic rings. The molecule has 0 bridgehead atoms. The molecule has 1 aliphatic carbocycles. The van der Waals surface area contributed by atoms with E-state index in [-0.39, 0.29) is 12.2 Å². The lowest BCUT2D eigenvalue weighted by molar-refractivity contribution is 0.00825. The van der Waals surface area contributed by atoms with Gasteiger partial charge in [0, 0.05) is 12.0 Å². The molecule has 84 valence electrons.